The minimum absolute atomic E-state index is 0.105. The minimum atomic E-state index is -4.67. The predicted octanol–water partition coefficient (Wildman–Crippen LogP) is 7.74. The van der Waals surface area contributed by atoms with E-state index in [2.05, 4.69) is 70.5 Å². The lowest BCUT2D eigenvalue weighted by molar-refractivity contribution is -0.274. The molecule has 0 N–H and O–H groups in total. The van der Waals surface area contributed by atoms with Crippen molar-refractivity contribution in [1.29, 1.82) is 0 Å². The van der Waals surface area contributed by atoms with Crippen molar-refractivity contribution in [2.45, 2.75) is 77.5 Å². The van der Waals surface area contributed by atoms with Crippen molar-refractivity contribution in [3.63, 3.8) is 0 Å². The van der Waals surface area contributed by atoms with Gasteiger partial charge in [0.25, 0.3) is 0 Å². The first-order valence-corrected chi connectivity index (χ1v) is 9.75. The molecule has 1 atom stereocenters. The van der Waals surface area contributed by atoms with Gasteiger partial charge in [-0.25, -0.2) is 0 Å². The molecule has 0 amide bonds. The Morgan fingerprint density at radius 1 is 0.857 bits per heavy atom. The zero-order chi connectivity index (χ0) is 21.2. The Morgan fingerprint density at radius 3 is 2.07 bits per heavy atom. The molecule has 1 nitrogen and oxygen atoms in total. The van der Waals surface area contributed by atoms with Crippen LogP contribution in [0.4, 0.5) is 13.2 Å². The monoisotopic (exact) mass is 392 g/mol. The van der Waals surface area contributed by atoms with Gasteiger partial charge in [0.05, 0.1) is 0 Å². The smallest absolute Gasteiger partial charge is 0.406 e. The zero-order valence-electron chi connectivity index (χ0n) is 17.7. The molecule has 0 aliphatic heterocycles. The van der Waals surface area contributed by atoms with Crippen LogP contribution >= 0.6 is 0 Å². The van der Waals surface area contributed by atoms with E-state index in [-0.39, 0.29) is 16.6 Å². The second kappa shape index (κ2) is 8.18. The molecule has 0 saturated heterocycles. The van der Waals surface area contributed by atoms with Crippen LogP contribution in [0.15, 0.2) is 48.5 Å². The first-order chi connectivity index (χ1) is 12.8. The van der Waals surface area contributed by atoms with E-state index >= 15 is 0 Å². The molecule has 0 fully saturated rings. The maximum Gasteiger partial charge on any atom is 0.573 e. The van der Waals surface area contributed by atoms with E-state index in [0.717, 1.165) is 18.4 Å². The lowest BCUT2D eigenvalue weighted by atomic mass is 9.77. The van der Waals surface area contributed by atoms with Crippen LogP contribution in [0.5, 0.6) is 5.75 Å². The number of hydrogen-bond donors (Lipinski definition) is 0. The van der Waals surface area contributed by atoms with Crippen molar-refractivity contribution in [3.8, 4) is 5.75 Å². The number of benzene rings is 2. The van der Waals surface area contributed by atoms with Gasteiger partial charge in [-0.3, -0.25) is 0 Å². The maximum absolute atomic E-state index is 12.5. The molecule has 2 aromatic carbocycles. The van der Waals surface area contributed by atoms with Crippen LogP contribution in [0.3, 0.4) is 0 Å². The van der Waals surface area contributed by atoms with Gasteiger partial charge in [0.2, 0.25) is 0 Å². The van der Waals surface area contributed by atoms with Crippen molar-refractivity contribution in [3.05, 3.63) is 65.2 Å². The minimum Gasteiger partial charge on any atom is -0.406 e. The Bertz CT molecular complexity index is 785. The Balaban J connectivity index is 2.10. The molecule has 1 unspecified atom stereocenters. The third kappa shape index (κ3) is 6.29. The fourth-order valence-corrected chi connectivity index (χ4v) is 3.31. The second-order valence-corrected chi connectivity index (χ2v) is 9.27. The number of halogens is 3. The van der Waals surface area contributed by atoms with Crippen molar-refractivity contribution in [2.24, 2.45) is 0 Å². The normalized spacial score (nSPS) is 14.0. The SMILES string of the molecule is CC(CCC(C)(C)c1cccc(OC(F)(F)F)c1)c1cccc(C(C)(C)C)c1. The summed E-state index contributed by atoms with van der Waals surface area (Å²) >= 11 is 0. The van der Waals surface area contributed by atoms with Gasteiger partial charge in [0.15, 0.2) is 0 Å². The molecular weight excluding hydrogens is 361 g/mol. The van der Waals surface area contributed by atoms with Crippen LogP contribution in [0.1, 0.15) is 77.0 Å². The Morgan fingerprint density at radius 2 is 1.46 bits per heavy atom. The molecule has 0 aliphatic rings. The van der Waals surface area contributed by atoms with E-state index in [1.807, 2.05) is 6.07 Å². The lowest BCUT2D eigenvalue weighted by Gasteiger charge is -2.28. The van der Waals surface area contributed by atoms with E-state index < -0.39 is 6.36 Å². The predicted molar refractivity (Wildman–Crippen MR) is 109 cm³/mol. The van der Waals surface area contributed by atoms with Crippen LogP contribution in [0.25, 0.3) is 0 Å². The van der Waals surface area contributed by atoms with E-state index in [9.17, 15) is 13.2 Å². The summed E-state index contributed by atoms with van der Waals surface area (Å²) in [5, 5.41) is 0. The molecule has 2 aromatic rings. The number of rotatable bonds is 6. The number of alkyl halides is 3. The summed E-state index contributed by atoms with van der Waals surface area (Å²) in [4.78, 5) is 0. The fourth-order valence-electron chi connectivity index (χ4n) is 3.31. The van der Waals surface area contributed by atoms with Crippen molar-refractivity contribution >= 4 is 0 Å². The van der Waals surface area contributed by atoms with Crippen molar-refractivity contribution in [2.75, 3.05) is 0 Å². The molecule has 0 heterocycles. The Hall–Kier alpha value is -1.97. The molecule has 0 saturated carbocycles. The number of ether oxygens (including phenoxy) is 1. The van der Waals surface area contributed by atoms with E-state index in [1.165, 1.54) is 23.3 Å². The second-order valence-electron chi connectivity index (χ2n) is 9.27. The Labute approximate surface area is 166 Å². The first kappa shape index (κ1) is 22.3. The third-order valence-electron chi connectivity index (χ3n) is 5.37. The van der Waals surface area contributed by atoms with Crippen molar-refractivity contribution in [1.82, 2.24) is 0 Å². The molecule has 154 valence electrons. The Kier molecular flexibility index (Phi) is 6.52. The lowest BCUT2D eigenvalue weighted by Crippen LogP contribution is -2.20. The van der Waals surface area contributed by atoms with E-state index in [0.29, 0.717) is 5.92 Å². The summed E-state index contributed by atoms with van der Waals surface area (Å²) in [6.45, 7) is 13.0. The van der Waals surface area contributed by atoms with Gasteiger partial charge in [-0.2, -0.15) is 0 Å². The van der Waals surface area contributed by atoms with Gasteiger partial charge < -0.3 is 4.74 Å². The summed E-state index contributed by atoms with van der Waals surface area (Å²) < 4.78 is 41.6. The third-order valence-corrected chi connectivity index (χ3v) is 5.37. The molecule has 0 aliphatic carbocycles. The zero-order valence-corrected chi connectivity index (χ0v) is 17.7. The first-order valence-electron chi connectivity index (χ1n) is 9.75. The fraction of sp³-hybridized carbons (Fsp3) is 0.500. The van der Waals surface area contributed by atoms with E-state index in [4.69, 9.17) is 0 Å². The summed E-state index contributed by atoms with van der Waals surface area (Å²) in [6.07, 6.45) is -2.86. The van der Waals surface area contributed by atoms with Gasteiger partial charge in [-0.15, -0.1) is 13.2 Å². The standard InChI is InChI=1S/C24H31F3O/c1-17(18-9-7-10-19(15-18)22(2,3)4)13-14-23(5,6)20-11-8-12-21(16-20)28-24(25,26)27/h7-12,15-17H,13-14H2,1-6H3. The summed E-state index contributed by atoms with van der Waals surface area (Å²) in [6, 6.07) is 15.0. The van der Waals surface area contributed by atoms with Gasteiger partial charge in [-0.05, 0) is 58.4 Å². The molecular formula is C24H31F3O. The molecule has 0 bridgehead atoms. The number of hydrogen-bond acceptors (Lipinski definition) is 1. The van der Waals surface area contributed by atoms with Crippen LogP contribution in [-0.2, 0) is 10.8 Å². The van der Waals surface area contributed by atoms with Crippen molar-refractivity contribution < 1.29 is 17.9 Å². The summed E-state index contributed by atoms with van der Waals surface area (Å²) in [5.74, 6) is 0.209. The quantitative estimate of drug-likeness (QED) is 0.488. The average molecular weight is 393 g/mol. The largest absolute Gasteiger partial charge is 0.573 e. The summed E-state index contributed by atoms with van der Waals surface area (Å²) in [5.41, 5.74) is 3.32. The highest BCUT2D eigenvalue weighted by molar-refractivity contribution is 5.34. The molecule has 2 rings (SSSR count). The highest BCUT2D eigenvalue weighted by atomic mass is 19.4. The maximum atomic E-state index is 12.5. The highest BCUT2D eigenvalue weighted by Crippen LogP contribution is 2.35. The van der Waals surface area contributed by atoms with E-state index in [1.54, 1.807) is 6.07 Å². The van der Waals surface area contributed by atoms with Gasteiger partial charge in [-0.1, -0.05) is 77.9 Å². The van der Waals surface area contributed by atoms with Crippen LogP contribution in [0.2, 0.25) is 0 Å². The average Bonchev–Trinajstić information content (AvgIpc) is 2.58. The molecule has 0 radical (unpaired) electrons. The highest BCUT2D eigenvalue weighted by Gasteiger charge is 2.32. The van der Waals surface area contributed by atoms with Crippen LogP contribution in [-0.4, -0.2) is 6.36 Å². The molecule has 4 heteroatoms. The molecule has 0 aromatic heterocycles. The van der Waals surface area contributed by atoms with Crippen LogP contribution in [0, 0.1) is 0 Å². The topological polar surface area (TPSA) is 9.23 Å². The van der Waals surface area contributed by atoms with Gasteiger partial charge in [0.1, 0.15) is 5.75 Å². The van der Waals surface area contributed by atoms with Crippen LogP contribution < -0.4 is 4.74 Å². The van der Waals surface area contributed by atoms with Gasteiger partial charge in [0, 0.05) is 0 Å². The molecule has 28 heavy (non-hydrogen) atoms. The van der Waals surface area contributed by atoms with Gasteiger partial charge >= 0.3 is 6.36 Å². The molecule has 0 spiro atoms. The summed E-state index contributed by atoms with van der Waals surface area (Å²) in [7, 11) is 0.